The number of anilines is 1. The van der Waals surface area contributed by atoms with Crippen LogP contribution >= 0.6 is 11.6 Å². The van der Waals surface area contributed by atoms with Gasteiger partial charge in [-0.05, 0) is 35.9 Å². The van der Waals surface area contributed by atoms with Gasteiger partial charge in [0.05, 0.1) is 0 Å². The van der Waals surface area contributed by atoms with Gasteiger partial charge in [0.25, 0.3) is 5.91 Å². The molecule has 1 N–H and O–H groups in total. The molecule has 96 valence electrons. The highest BCUT2D eigenvalue weighted by atomic mass is 35.5. The van der Waals surface area contributed by atoms with E-state index in [9.17, 15) is 4.79 Å². The Balaban J connectivity index is 1.71. The summed E-state index contributed by atoms with van der Waals surface area (Å²) in [5.41, 5.74) is 1.74. The molecular formula is C15H12ClNO2. The summed E-state index contributed by atoms with van der Waals surface area (Å²) in [5, 5.41) is 3.50. The van der Waals surface area contributed by atoms with Crippen LogP contribution in [-0.4, -0.2) is 12.0 Å². The largest absolute Gasteiger partial charge is 0.480 e. The molecule has 3 rings (SSSR count). The van der Waals surface area contributed by atoms with Crippen molar-refractivity contribution in [3.63, 3.8) is 0 Å². The minimum Gasteiger partial charge on any atom is -0.480 e. The zero-order valence-corrected chi connectivity index (χ0v) is 10.9. The Hall–Kier alpha value is -2.00. The van der Waals surface area contributed by atoms with Gasteiger partial charge in [-0.15, -0.1) is 0 Å². The molecule has 0 saturated carbocycles. The minimum atomic E-state index is -0.492. The fraction of sp³-hybridized carbons (Fsp3) is 0.133. The van der Waals surface area contributed by atoms with E-state index in [1.807, 2.05) is 36.4 Å². The fourth-order valence-corrected chi connectivity index (χ4v) is 2.30. The van der Waals surface area contributed by atoms with Gasteiger partial charge >= 0.3 is 0 Å². The molecule has 1 heterocycles. The highest BCUT2D eigenvalue weighted by molar-refractivity contribution is 6.30. The van der Waals surface area contributed by atoms with Gasteiger partial charge in [-0.1, -0.05) is 29.8 Å². The second kappa shape index (κ2) is 4.94. The van der Waals surface area contributed by atoms with Crippen molar-refractivity contribution in [2.45, 2.75) is 12.5 Å². The number of benzene rings is 2. The molecule has 1 amide bonds. The zero-order valence-electron chi connectivity index (χ0n) is 10.1. The van der Waals surface area contributed by atoms with Crippen molar-refractivity contribution in [1.29, 1.82) is 0 Å². The maximum Gasteiger partial charge on any atom is 0.265 e. The summed E-state index contributed by atoms with van der Waals surface area (Å²) in [6.45, 7) is 0. The number of amides is 1. The molecule has 0 unspecified atom stereocenters. The number of para-hydroxylation sites is 1. The van der Waals surface area contributed by atoms with Crippen LogP contribution in [0, 0.1) is 0 Å². The molecule has 4 heteroatoms. The molecular weight excluding hydrogens is 262 g/mol. The number of nitrogens with one attached hydrogen (secondary N) is 1. The average Bonchev–Trinajstić information content (AvgIpc) is 2.83. The summed E-state index contributed by atoms with van der Waals surface area (Å²) in [6, 6.07) is 14.7. The van der Waals surface area contributed by atoms with Crippen LogP contribution < -0.4 is 10.1 Å². The molecule has 1 aliphatic rings. The highest BCUT2D eigenvalue weighted by Crippen LogP contribution is 2.31. The fourth-order valence-electron chi connectivity index (χ4n) is 2.11. The summed E-state index contributed by atoms with van der Waals surface area (Å²) in [5.74, 6) is 0.594. The number of rotatable bonds is 2. The molecule has 0 radical (unpaired) electrons. The SMILES string of the molecule is O=C(Nc1ccccc1)[C@@H]1Cc2cc(Cl)ccc2O1. The standard InChI is InChI=1S/C15H12ClNO2/c16-11-6-7-13-10(8-11)9-14(19-13)15(18)17-12-4-2-1-3-5-12/h1-8,14H,9H2,(H,17,18)/t14-/m0/s1. The van der Waals surface area contributed by atoms with E-state index in [1.54, 1.807) is 12.1 Å². The van der Waals surface area contributed by atoms with Gasteiger partial charge in [0.15, 0.2) is 6.10 Å². The van der Waals surface area contributed by atoms with Gasteiger partial charge in [-0.3, -0.25) is 4.79 Å². The number of halogens is 1. The van der Waals surface area contributed by atoms with Crippen molar-refractivity contribution in [3.05, 3.63) is 59.1 Å². The van der Waals surface area contributed by atoms with Crippen molar-refractivity contribution in [2.24, 2.45) is 0 Å². The number of carbonyl (C=O) groups is 1. The third-order valence-electron chi connectivity index (χ3n) is 3.03. The van der Waals surface area contributed by atoms with E-state index in [4.69, 9.17) is 16.3 Å². The number of ether oxygens (including phenoxy) is 1. The molecule has 1 aliphatic heterocycles. The number of hydrogen-bond donors (Lipinski definition) is 1. The Labute approximate surface area is 116 Å². The molecule has 19 heavy (non-hydrogen) atoms. The molecule has 0 saturated heterocycles. The van der Waals surface area contributed by atoms with Crippen LogP contribution in [0.25, 0.3) is 0 Å². The Bertz CT molecular complexity index is 613. The molecule has 3 nitrogen and oxygen atoms in total. The minimum absolute atomic E-state index is 0.140. The molecule has 1 atom stereocenters. The topological polar surface area (TPSA) is 38.3 Å². The van der Waals surface area contributed by atoms with Crippen molar-refractivity contribution >= 4 is 23.2 Å². The molecule has 0 aliphatic carbocycles. The van der Waals surface area contributed by atoms with Crippen LogP contribution in [0.4, 0.5) is 5.69 Å². The smallest absolute Gasteiger partial charge is 0.265 e. The Morgan fingerprint density at radius 2 is 2.00 bits per heavy atom. The van der Waals surface area contributed by atoms with Crippen molar-refractivity contribution < 1.29 is 9.53 Å². The van der Waals surface area contributed by atoms with E-state index < -0.39 is 6.10 Å². The molecule has 2 aromatic rings. The lowest BCUT2D eigenvalue weighted by molar-refractivity contribution is -0.122. The summed E-state index contributed by atoms with van der Waals surface area (Å²) in [6.07, 6.45) is 0.0582. The number of hydrogen-bond acceptors (Lipinski definition) is 2. The van der Waals surface area contributed by atoms with Crippen LogP contribution in [0.1, 0.15) is 5.56 Å². The van der Waals surface area contributed by atoms with Gasteiger partial charge in [0.2, 0.25) is 0 Å². The normalized spacial score (nSPS) is 16.6. The third kappa shape index (κ3) is 2.56. The van der Waals surface area contributed by atoms with Crippen molar-refractivity contribution in [3.8, 4) is 5.75 Å². The van der Waals surface area contributed by atoms with E-state index >= 15 is 0 Å². The first-order valence-electron chi connectivity index (χ1n) is 6.03. The summed E-state index contributed by atoms with van der Waals surface area (Å²) >= 11 is 5.92. The van der Waals surface area contributed by atoms with E-state index in [0.717, 1.165) is 17.0 Å². The Kier molecular flexibility index (Phi) is 3.13. The van der Waals surface area contributed by atoms with E-state index in [0.29, 0.717) is 11.4 Å². The Morgan fingerprint density at radius 1 is 1.21 bits per heavy atom. The van der Waals surface area contributed by atoms with Crippen LogP contribution in [0.2, 0.25) is 5.02 Å². The molecule has 2 aromatic carbocycles. The maximum absolute atomic E-state index is 12.1. The first-order chi connectivity index (χ1) is 9.22. The van der Waals surface area contributed by atoms with Crippen LogP contribution in [0.3, 0.4) is 0 Å². The van der Waals surface area contributed by atoms with E-state index in [1.165, 1.54) is 0 Å². The van der Waals surface area contributed by atoms with E-state index in [2.05, 4.69) is 5.32 Å². The zero-order chi connectivity index (χ0) is 13.2. The highest BCUT2D eigenvalue weighted by Gasteiger charge is 2.29. The van der Waals surface area contributed by atoms with Crippen molar-refractivity contribution in [1.82, 2.24) is 0 Å². The lowest BCUT2D eigenvalue weighted by Crippen LogP contribution is -2.31. The number of carbonyl (C=O) groups excluding carboxylic acids is 1. The van der Waals surface area contributed by atoms with Crippen LogP contribution in [0.15, 0.2) is 48.5 Å². The summed E-state index contributed by atoms with van der Waals surface area (Å²) in [7, 11) is 0. The van der Waals surface area contributed by atoms with Crippen LogP contribution in [-0.2, 0) is 11.2 Å². The lowest BCUT2D eigenvalue weighted by atomic mass is 10.1. The Morgan fingerprint density at radius 3 is 2.79 bits per heavy atom. The summed E-state index contributed by atoms with van der Waals surface area (Å²) in [4.78, 5) is 12.1. The molecule has 0 spiro atoms. The quantitative estimate of drug-likeness (QED) is 0.912. The van der Waals surface area contributed by atoms with Gasteiger partial charge in [0.1, 0.15) is 5.75 Å². The number of fused-ring (bicyclic) bond motifs is 1. The van der Waals surface area contributed by atoms with E-state index in [-0.39, 0.29) is 5.91 Å². The second-order valence-electron chi connectivity index (χ2n) is 4.42. The average molecular weight is 274 g/mol. The second-order valence-corrected chi connectivity index (χ2v) is 4.85. The maximum atomic E-state index is 12.1. The predicted molar refractivity (Wildman–Crippen MR) is 74.6 cm³/mol. The first kappa shape index (κ1) is 12.1. The van der Waals surface area contributed by atoms with Gasteiger partial charge in [-0.25, -0.2) is 0 Å². The monoisotopic (exact) mass is 273 g/mol. The summed E-state index contributed by atoms with van der Waals surface area (Å²) < 4.78 is 5.63. The van der Waals surface area contributed by atoms with Gasteiger partial charge in [0, 0.05) is 17.1 Å². The van der Waals surface area contributed by atoms with Gasteiger partial charge < -0.3 is 10.1 Å². The molecule has 0 bridgehead atoms. The van der Waals surface area contributed by atoms with Crippen LogP contribution in [0.5, 0.6) is 5.75 Å². The molecule has 0 aromatic heterocycles. The van der Waals surface area contributed by atoms with Crippen molar-refractivity contribution in [2.75, 3.05) is 5.32 Å². The third-order valence-corrected chi connectivity index (χ3v) is 3.27. The first-order valence-corrected chi connectivity index (χ1v) is 6.41. The lowest BCUT2D eigenvalue weighted by Gasteiger charge is -2.11. The predicted octanol–water partition coefficient (Wildman–Crippen LogP) is 3.28. The van der Waals surface area contributed by atoms with Gasteiger partial charge in [-0.2, -0.15) is 0 Å². The molecule has 0 fully saturated rings.